The van der Waals surface area contributed by atoms with E-state index in [1.54, 1.807) is 13.8 Å². The maximum Gasteiger partial charge on any atom is 0.326 e. The highest BCUT2D eigenvalue weighted by Gasteiger charge is 2.23. The molecule has 4 N–H and O–H groups in total. The van der Waals surface area contributed by atoms with E-state index in [4.69, 9.17) is 4.98 Å². The van der Waals surface area contributed by atoms with Crippen LogP contribution in [-0.4, -0.2) is 73.9 Å². The molecule has 1 aliphatic heterocycles. The zero-order chi connectivity index (χ0) is 26.3. The number of unbranched alkanes of at least 4 members (excludes halogenated alkanes) is 1. The van der Waals surface area contributed by atoms with Crippen LogP contribution in [0.2, 0.25) is 0 Å². The molecule has 1 atom stereocenters. The van der Waals surface area contributed by atoms with Gasteiger partial charge >= 0.3 is 5.97 Å². The lowest BCUT2D eigenvalue weighted by Gasteiger charge is -2.30. The van der Waals surface area contributed by atoms with Gasteiger partial charge in [-0.15, -0.1) is 0 Å². The minimum Gasteiger partial charge on any atom is -0.480 e. The second-order valence-corrected chi connectivity index (χ2v) is 10.4. The van der Waals surface area contributed by atoms with Crippen LogP contribution in [0.1, 0.15) is 50.8 Å². The van der Waals surface area contributed by atoms with E-state index in [0.717, 1.165) is 67.6 Å². The maximum absolute atomic E-state index is 12.1. The molecule has 0 spiro atoms. The number of benzene rings is 1. The van der Waals surface area contributed by atoms with Gasteiger partial charge in [-0.25, -0.2) is 19.7 Å². The van der Waals surface area contributed by atoms with Crippen LogP contribution in [0.4, 0.5) is 11.6 Å². The Morgan fingerprint density at radius 3 is 2.81 bits per heavy atom. The molecular weight excluding hydrogens is 468 g/mol. The first kappa shape index (κ1) is 26.8. The normalized spacial score (nSPS) is 14.3. The van der Waals surface area contributed by atoms with E-state index in [0.29, 0.717) is 25.3 Å². The molecule has 0 amide bonds. The minimum atomic E-state index is -0.932. The summed E-state index contributed by atoms with van der Waals surface area (Å²) < 4.78 is 0. The van der Waals surface area contributed by atoms with Gasteiger partial charge in [0.15, 0.2) is 0 Å². The second kappa shape index (κ2) is 12.3. The summed E-state index contributed by atoms with van der Waals surface area (Å²) in [6, 6.07) is 11.0. The number of hydrogen-bond acceptors (Lipinski definition) is 8. The number of aliphatic carboxylic acids is 1. The van der Waals surface area contributed by atoms with Crippen molar-refractivity contribution in [3.63, 3.8) is 0 Å². The van der Waals surface area contributed by atoms with Crippen LogP contribution < -0.4 is 10.6 Å². The number of nitrogens with zero attached hydrogens (tertiary/aromatic N) is 4. The van der Waals surface area contributed by atoms with Crippen LogP contribution in [0.3, 0.4) is 0 Å². The van der Waals surface area contributed by atoms with Crippen molar-refractivity contribution >= 4 is 28.5 Å². The molecule has 0 saturated heterocycles. The lowest BCUT2D eigenvalue weighted by molar-refractivity contribution is -0.138. The third-order valence-electron chi connectivity index (χ3n) is 6.61. The molecule has 0 bridgehead atoms. The molecule has 1 aromatic carbocycles. The summed E-state index contributed by atoms with van der Waals surface area (Å²) in [4.78, 5) is 27.5. The Bertz CT molecular complexity index is 1190. The van der Waals surface area contributed by atoms with Gasteiger partial charge in [0.2, 0.25) is 0 Å². The van der Waals surface area contributed by atoms with E-state index in [-0.39, 0.29) is 0 Å². The number of aryl methyl sites for hydroxylation is 2. The highest BCUT2D eigenvalue weighted by atomic mass is 16.4. The molecule has 2 aromatic heterocycles. The minimum absolute atomic E-state index is 0.377. The Kier molecular flexibility index (Phi) is 8.89. The number of para-hydroxylation sites is 1. The molecule has 0 unspecified atom stereocenters. The summed E-state index contributed by atoms with van der Waals surface area (Å²) in [6.07, 6.45) is 6.86. The number of rotatable bonds is 13. The van der Waals surface area contributed by atoms with E-state index in [1.165, 1.54) is 11.9 Å². The van der Waals surface area contributed by atoms with Crippen LogP contribution in [0.15, 0.2) is 42.7 Å². The van der Waals surface area contributed by atoms with Crippen LogP contribution in [0.5, 0.6) is 0 Å². The van der Waals surface area contributed by atoms with Crippen LogP contribution in [0, 0.1) is 0 Å². The quantitative estimate of drug-likeness (QED) is 0.257. The number of hydrogen-bond donors (Lipinski definition) is 4. The molecule has 9 nitrogen and oxygen atoms in total. The number of pyridine rings is 1. The van der Waals surface area contributed by atoms with E-state index >= 15 is 0 Å². The number of anilines is 2. The van der Waals surface area contributed by atoms with Gasteiger partial charge in [-0.1, -0.05) is 18.2 Å². The Labute approximate surface area is 218 Å². The van der Waals surface area contributed by atoms with Crippen LogP contribution in [-0.2, 0) is 17.6 Å². The lowest BCUT2D eigenvalue weighted by Crippen LogP contribution is -2.42. The fraction of sp³-hybridized carbons (Fsp3) is 0.500. The first-order valence-corrected chi connectivity index (χ1v) is 13.1. The van der Waals surface area contributed by atoms with Crippen LogP contribution >= 0.6 is 0 Å². The number of aliphatic hydroxyl groups is 1. The van der Waals surface area contributed by atoms with Crippen molar-refractivity contribution in [1.29, 1.82) is 0 Å². The van der Waals surface area contributed by atoms with Crippen molar-refractivity contribution in [2.75, 3.05) is 36.8 Å². The molecular formula is C28H38N6O3. The van der Waals surface area contributed by atoms with Gasteiger partial charge in [-0.05, 0) is 82.7 Å². The fourth-order valence-electron chi connectivity index (χ4n) is 4.82. The molecule has 4 rings (SSSR count). The molecule has 0 radical (unpaired) electrons. The first-order chi connectivity index (χ1) is 17.8. The van der Waals surface area contributed by atoms with Crippen molar-refractivity contribution in [3.8, 4) is 0 Å². The van der Waals surface area contributed by atoms with E-state index in [2.05, 4.69) is 37.6 Å². The zero-order valence-electron chi connectivity index (χ0n) is 21.8. The Balaban J connectivity index is 1.33. The lowest BCUT2D eigenvalue weighted by atomic mass is 10.1. The molecule has 0 saturated carbocycles. The summed E-state index contributed by atoms with van der Waals surface area (Å²) >= 11 is 0. The van der Waals surface area contributed by atoms with Crippen molar-refractivity contribution in [1.82, 2.24) is 19.9 Å². The molecule has 3 aromatic rings. The van der Waals surface area contributed by atoms with Gasteiger partial charge in [0.05, 0.1) is 11.1 Å². The van der Waals surface area contributed by atoms with Gasteiger partial charge in [-0.2, -0.15) is 0 Å². The van der Waals surface area contributed by atoms with Gasteiger partial charge in [-0.3, -0.25) is 0 Å². The van der Waals surface area contributed by atoms with Gasteiger partial charge < -0.3 is 25.7 Å². The van der Waals surface area contributed by atoms with Gasteiger partial charge in [0.1, 0.15) is 24.0 Å². The first-order valence-electron chi connectivity index (χ1n) is 13.1. The van der Waals surface area contributed by atoms with E-state index in [1.807, 2.05) is 24.3 Å². The average molecular weight is 507 g/mol. The molecule has 9 heteroatoms. The molecule has 0 fully saturated rings. The number of carboxylic acid groups (broad SMARTS) is 1. The number of carboxylic acids is 1. The Morgan fingerprint density at radius 2 is 2.00 bits per heavy atom. The average Bonchev–Trinajstić information content (AvgIpc) is 2.87. The van der Waals surface area contributed by atoms with E-state index in [9.17, 15) is 15.0 Å². The largest absolute Gasteiger partial charge is 0.480 e. The number of carbonyl (C=O) groups is 1. The fourth-order valence-corrected chi connectivity index (χ4v) is 4.82. The Hall–Kier alpha value is -3.30. The van der Waals surface area contributed by atoms with E-state index < -0.39 is 17.6 Å². The molecule has 198 valence electrons. The standard InChI is InChI=1S/C28H38N6O3/c1-28(2,37)18-34(16-6-5-9-21-13-12-20-8-7-15-29-25(20)32-21)17-14-24(27(35)36)33-26-22-10-3-4-11-23(22)30-19-31-26/h3-4,10-13,19,24,37H,5-9,14-18H2,1-2H3,(H,29,32)(H,35,36)(H,30,31,33)/t24-/m0/s1. The van der Waals surface area contributed by atoms with Crippen molar-refractivity contribution in [2.24, 2.45) is 0 Å². The third-order valence-corrected chi connectivity index (χ3v) is 6.61. The monoisotopic (exact) mass is 506 g/mol. The highest BCUT2D eigenvalue weighted by molar-refractivity contribution is 5.90. The Morgan fingerprint density at radius 1 is 1.16 bits per heavy atom. The topological polar surface area (TPSA) is 124 Å². The van der Waals surface area contributed by atoms with Crippen LogP contribution in [0.25, 0.3) is 10.9 Å². The predicted octanol–water partition coefficient (Wildman–Crippen LogP) is 3.73. The van der Waals surface area contributed by atoms with Crippen molar-refractivity contribution in [3.05, 3.63) is 54.0 Å². The number of nitrogens with one attached hydrogen (secondary N) is 2. The summed E-state index contributed by atoms with van der Waals surface area (Å²) in [5.74, 6) is 0.605. The molecule has 37 heavy (non-hydrogen) atoms. The third kappa shape index (κ3) is 7.84. The summed E-state index contributed by atoms with van der Waals surface area (Å²) in [5, 5.41) is 27.6. The molecule has 1 aliphatic rings. The summed E-state index contributed by atoms with van der Waals surface area (Å²) in [6.45, 7) is 6.33. The predicted molar refractivity (Wildman–Crippen MR) is 146 cm³/mol. The second-order valence-electron chi connectivity index (χ2n) is 10.4. The van der Waals surface area contributed by atoms with Crippen molar-refractivity contribution in [2.45, 2.75) is 64.0 Å². The van der Waals surface area contributed by atoms with Gasteiger partial charge in [0, 0.05) is 30.7 Å². The molecule has 3 heterocycles. The number of aromatic nitrogens is 3. The SMILES string of the molecule is CC(C)(O)CN(CCCCc1ccc2c(n1)NCCC2)CC[C@H](Nc1ncnc2ccccc12)C(=O)O. The van der Waals surface area contributed by atoms with Crippen molar-refractivity contribution < 1.29 is 15.0 Å². The zero-order valence-corrected chi connectivity index (χ0v) is 21.8. The molecule has 0 aliphatic carbocycles. The smallest absolute Gasteiger partial charge is 0.326 e. The highest BCUT2D eigenvalue weighted by Crippen LogP contribution is 2.21. The maximum atomic E-state index is 12.1. The summed E-state index contributed by atoms with van der Waals surface area (Å²) in [7, 11) is 0. The summed E-state index contributed by atoms with van der Waals surface area (Å²) in [5.41, 5.74) is 2.27. The number of fused-ring (bicyclic) bond motifs is 2. The van der Waals surface area contributed by atoms with Gasteiger partial charge in [0.25, 0.3) is 0 Å².